The van der Waals surface area contributed by atoms with Crippen molar-refractivity contribution in [3.63, 3.8) is 0 Å². The Labute approximate surface area is 175 Å². The highest BCUT2D eigenvalue weighted by Gasteiger charge is 2.28. The van der Waals surface area contributed by atoms with Crippen LogP contribution in [0.15, 0.2) is 42.5 Å². The summed E-state index contributed by atoms with van der Waals surface area (Å²) in [6.07, 6.45) is 0.0309. The molecule has 4 rings (SSSR count). The van der Waals surface area contributed by atoms with E-state index in [2.05, 4.69) is 4.90 Å². The zero-order valence-corrected chi connectivity index (χ0v) is 17.1. The lowest BCUT2D eigenvalue weighted by molar-refractivity contribution is -0.130. The van der Waals surface area contributed by atoms with Crippen LogP contribution < -0.4 is 4.90 Å². The number of amides is 2. The van der Waals surface area contributed by atoms with Gasteiger partial charge in [-0.05, 0) is 35.7 Å². The van der Waals surface area contributed by atoms with E-state index in [9.17, 15) is 19.1 Å². The van der Waals surface area contributed by atoms with E-state index in [0.29, 0.717) is 32.6 Å². The van der Waals surface area contributed by atoms with Crippen LogP contribution in [-0.2, 0) is 11.2 Å². The summed E-state index contributed by atoms with van der Waals surface area (Å²) in [5, 5.41) is 10.7. The third-order valence-corrected chi connectivity index (χ3v) is 5.98. The number of nitrogens with zero attached hydrogens (tertiary/aromatic N) is 3. The average molecular weight is 411 g/mol. The molecular weight excluding hydrogens is 385 g/mol. The first-order chi connectivity index (χ1) is 14.4. The van der Waals surface area contributed by atoms with Crippen molar-refractivity contribution in [3.05, 3.63) is 65.0 Å². The van der Waals surface area contributed by atoms with Gasteiger partial charge in [0, 0.05) is 51.9 Å². The zero-order valence-electron chi connectivity index (χ0n) is 17.1. The molecule has 1 fully saturated rings. The van der Waals surface area contributed by atoms with Crippen LogP contribution in [-0.4, -0.2) is 66.0 Å². The lowest BCUT2D eigenvalue weighted by Gasteiger charge is -2.35. The second-order valence-electron chi connectivity index (χ2n) is 7.90. The predicted molar refractivity (Wildman–Crippen MR) is 112 cm³/mol. The number of fused-ring (bicyclic) bond motifs is 1. The fraction of sp³-hybridized carbons (Fsp3) is 0.391. The maximum Gasteiger partial charge on any atom is 0.261 e. The lowest BCUT2D eigenvalue weighted by Crippen LogP contribution is -2.48. The zero-order chi connectivity index (χ0) is 21.3. The van der Waals surface area contributed by atoms with E-state index in [1.807, 2.05) is 23.1 Å². The number of carbonyl (C=O) groups is 2. The maximum atomic E-state index is 14.0. The summed E-state index contributed by atoms with van der Waals surface area (Å²) >= 11 is 0. The number of aliphatic hydroxyl groups excluding tert-OH is 1. The van der Waals surface area contributed by atoms with Gasteiger partial charge in [-0.1, -0.05) is 24.3 Å². The molecule has 1 N–H and O–H groups in total. The first-order valence-electron chi connectivity index (χ1n) is 10.3. The summed E-state index contributed by atoms with van der Waals surface area (Å²) in [6.45, 7) is 5.42. The number of hydrogen-bond donors (Lipinski definition) is 1. The van der Waals surface area contributed by atoms with E-state index in [4.69, 9.17) is 0 Å². The predicted octanol–water partition coefficient (Wildman–Crippen LogP) is 2.23. The molecule has 2 aliphatic heterocycles. The van der Waals surface area contributed by atoms with Gasteiger partial charge in [0.1, 0.15) is 5.82 Å². The van der Waals surface area contributed by atoms with Crippen LogP contribution in [0.5, 0.6) is 0 Å². The molecule has 1 unspecified atom stereocenters. The monoisotopic (exact) mass is 411 g/mol. The van der Waals surface area contributed by atoms with Crippen molar-refractivity contribution >= 4 is 17.5 Å². The van der Waals surface area contributed by atoms with Crippen LogP contribution in [0.25, 0.3) is 0 Å². The second-order valence-corrected chi connectivity index (χ2v) is 7.90. The van der Waals surface area contributed by atoms with E-state index in [0.717, 1.165) is 29.9 Å². The van der Waals surface area contributed by atoms with Crippen LogP contribution in [0.1, 0.15) is 34.5 Å². The summed E-state index contributed by atoms with van der Waals surface area (Å²) in [4.78, 5) is 29.8. The summed E-state index contributed by atoms with van der Waals surface area (Å²) in [5.74, 6) is -0.778. The number of β-amino-alcohol motifs (C(OH)–C–C–N with tert-alkyl or cyclic N) is 1. The molecular formula is C23H26FN3O3. The number of piperazine rings is 1. The second kappa shape index (κ2) is 8.53. The molecule has 2 aliphatic rings. The molecule has 0 radical (unpaired) electrons. The van der Waals surface area contributed by atoms with Gasteiger partial charge in [-0.25, -0.2) is 4.39 Å². The molecule has 2 aromatic rings. The number of hydrogen-bond acceptors (Lipinski definition) is 4. The van der Waals surface area contributed by atoms with Crippen molar-refractivity contribution in [2.24, 2.45) is 0 Å². The van der Waals surface area contributed by atoms with Crippen LogP contribution in [0.3, 0.4) is 0 Å². The molecule has 0 aromatic heterocycles. The molecule has 7 heteroatoms. The van der Waals surface area contributed by atoms with Gasteiger partial charge in [0.15, 0.2) is 0 Å². The minimum Gasteiger partial charge on any atom is -0.387 e. The summed E-state index contributed by atoms with van der Waals surface area (Å²) in [7, 11) is 0. The highest BCUT2D eigenvalue weighted by atomic mass is 19.1. The molecule has 2 heterocycles. The lowest BCUT2D eigenvalue weighted by atomic mass is 10.0. The minimum absolute atomic E-state index is 0.0687. The van der Waals surface area contributed by atoms with Gasteiger partial charge in [0.2, 0.25) is 5.91 Å². The van der Waals surface area contributed by atoms with Crippen molar-refractivity contribution in [3.8, 4) is 0 Å². The van der Waals surface area contributed by atoms with Crippen LogP contribution in [0, 0.1) is 5.82 Å². The van der Waals surface area contributed by atoms with Gasteiger partial charge in [0.25, 0.3) is 5.91 Å². The number of benzene rings is 2. The molecule has 30 heavy (non-hydrogen) atoms. The van der Waals surface area contributed by atoms with Crippen LogP contribution in [0.4, 0.5) is 10.1 Å². The first kappa shape index (κ1) is 20.5. The number of carbonyl (C=O) groups excluding carboxylic acids is 2. The standard InChI is InChI=1S/C23H26FN3O3/c1-16(28)26-12-10-25(11-13-26)15-22(29)18-6-7-21-17(14-18)8-9-27(21)23(30)19-4-2-3-5-20(19)24/h2-7,14,22,29H,8-13,15H2,1H3. The van der Waals surface area contributed by atoms with Gasteiger partial charge in [0.05, 0.1) is 11.7 Å². The topological polar surface area (TPSA) is 64.1 Å². The van der Waals surface area contributed by atoms with E-state index < -0.39 is 11.9 Å². The molecule has 0 bridgehead atoms. The molecule has 158 valence electrons. The van der Waals surface area contributed by atoms with E-state index >= 15 is 0 Å². The molecule has 2 amide bonds. The van der Waals surface area contributed by atoms with Gasteiger partial charge in [-0.15, -0.1) is 0 Å². The third kappa shape index (κ3) is 4.08. The normalized spacial score (nSPS) is 17.7. The largest absolute Gasteiger partial charge is 0.387 e. The number of rotatable bonds is 4. The Morgan fingerprint density at radius 1 is 1.07 bits per heavy atom. The molecule has 2 aromatic carbocycles. The Bertz CT molecular complexity index is 956. The van der Waals surface area contributed by atoms with Crippen molar-refractivity contribution in [1.29, 1.82) is 0 Å². The summed E-state index contributed by atoms with van der Waals surface area (Å²) in [6, 6.07) is 11.6. The van der Waals surface area contributed by atoms with Gasteiger partial charge >= 0.3 is 0 Å². The molecule has 1 saturated heterocycles. The minimum atomic E-state index is -0.643. The van der Waals surface area contributed by atoms with E-state index in [1.165, 1.54) is 12.1 Å². The van der Waals surface area contributed by atoms with Crippen molar-refractivity contribution in [2.75, 3.05) is 44.2 Å². The quantitative estimate of drug-likeness (QED) is 0.838. The highest BCUT2D eigenvalue weighted by Crippen LogP contribution is 2.32. The smallest absolute Gasteiger partial charge is 0.261 e. The average Bonchev–Trinajstić information content (AvgIpc) is 3.17. The number of halogens is 1. The van der Waals surface area contributed by atoms with Crippen molar-refractivity contribution in [1.82, 2.24) is 9.80 Å². The number of aliphatic hydroxyl groups is 1. The number of anilines is 1. The van der Waals surface area contributed by atoms with Crippen molar-refractivity contribution in [2.45, 2.75) is 19.4 Å². The SMILES string of the molecule is CC(=O)N1CCN(CC(O)c2ccc3c(c2)CCN3C(=O)c2ccccc2F)CC1. The fourth-order valence-corrected chi connectivity index (χ4v) is 4.22. The van der Waals surface area contributed by atoms with Gasteiger partial charge in [-0.2, -0.15) is 0 Å². The maximum absolute atomic E-state index is 14.0. The molecule has 0 spiro atoms. The Balaban J connectivity index is 1.43. The van der Waals surface area contributed by atoms with Crippen LogP contribution in [0.2, 0.25) is 0 Å². The third-order valence-electron chi connectivity index (χ3n) is 5.98. The Morgan fingerprint density at radius 2 is 1.80 bits per heavy atom. The summed E-state index contributed by atoms with van der Waals surface area (Å²) < 4.78 is 14.0. The van der Waals surface area contributed by atoms with E-state index in [1.54, 1.807) is 24.0 Å². The molecule has 6 nitrogen and oxygen atoms in total. The Kier molecular flexibility index (Phi) is 5.83. The van der Waals surface area contributed by atoms with Gasteiger partial charge < -0.3 is 14.9 Å². The van der Waals surface area contributed by atoms with Crippen LogP contribution >= 0.6 is 0 Å². The molecule has 0 saturated carbocycles. The molecule has 0 aliphatic carbocycles. The Hall–Kier alpha value is -2.77. The summed E-state index contributed by atoms with van der Waals surface area (Å²) in [5.41, 5.74) is 2.63. The molecule has 1 atom stereocenters. The van der Waals surface area contributed by atoms with Crippen molar-refractivity contribution < 1.29 is 19.1 Å². The first-order valence-corrected chi connectivity index (χ1v) is 10.3. The van der Waals surface area contributed by atoms with E-state index in [-0.39, 0.29) is 17.4 Å². The highest BCUT2D eigenvalue weighted by molar-refractivity contribution is 6.07. The Morgan fingerprint density at radius 3 is 2.50 bits per heavy atom. The fourth-order valence-electron chi connectivity index (χ4n) is 4.22. The van der Waals surface area contributed by atoms with Gasteiger partial charge in [-0.3, -0.25) is 14.5 Å².